The molecule has 1 aliphatic rings. The van der Waals surface area contributed by atoms with Crippen molar-refractivity contribution in [2.24, 2.45) is 0 Å². The Balaban J connectivity index is 1.84. The molecule has 20 heavy (non-hydrogen) atoms. The Kier molecular flexibility index (Phi) is 4.72. The summed E-state index contributed by atoms with van der Waals surface area (Å²) in [5, 5.41) is 9.16. The van der Waals surface area contributed by atoms with Gasteiger partial charge in [0.25, 0.3) is 0 Å². The van der Waals surface area contributed by atoms with Crippen molar-refractivity contribution in [3.05, 3.63) is 24.0 Å². The molecule has 1 fully saturated rings. The highest BCUT2D eigenvalue weighted by molar-refractivity contribution is 5.15. The van der Waals surface area contributed by atoms with E-state index in [1.54, 1.807) is 10.8 Å². The zero-order valence-corrected chi connectivity index (χ0v) is 11.5. The van der Waals surface area contributed by atoms with Crippen molar-refractivity contribution in [2.45, 2.75) is 18.8 Å². The van der Waals surface area contributed by atoms with Crippen LogP contribution in [0.15, 0.2) is 18.5 Å². The summed E-state index contributed by atoms with van der Waals surface area (Å²) in [6.45, 7) is 5.44. The number of alkyl halides is 3. The molecule has 0 spiro atoms. The Hall–Kier alpha value is -1.05. The Labute approximate surface area is 116 Å². The average molecular weight is 291 g/mol. The van der Waals surface area contributed by atoms with Crippen LogP contribution in [-0.2, 0) is 6.54 Å². The molecular formula is C13H20F3N3O. The van der Waals surface area contributed by atoms with E-state index in [0.717, 1.165) is 32.7 Å². The fourth-order valence-corrected chi connectivity index (χ4v) is 2.28. The highest BCUT2D eigenvalue weighted by Crippen LogP contribution is 2.32. The molecule has 1 aromatic heterocycles. The maximum absolute atomic E-state index is 12.4. The van der Waals surface area contributed by atoms with E-state index in [4.69, 9.17) is 5.11 Å². The van der Waals surface area contributed by atoms with Gasteiger partial charge in [-0.15, -0.1) is 0 Å². The summed E-state index contributed by atoms with van der Waals surface area (Å²) >= 11 is 0. The molecule has 0 bridgehead atoms. The lowest BCUT2D eigenvalue weighted by Crippen LogP contribution is -2.45. The van der Waals surface area contributed by atoms with Crippen LogP contribution in [0.3, 0.4) is 0 Å². The maximum atomic E-state index is 12.4. The third-order valence-electron chi connectivity index (χ3n) is 3.67. The van der Waals surface area contributed by atoms with Gasteiger partial charge in [0.1, 0.15) is 0 Å². The van der Waals surface area contributed by atoms with E-state index >= 15 is 0 Å². The van der Waals surface area contributed by atoms with Crippen LogP contribution in [0.25, 0.3) is 0 Å². The van der Waals surface area contributed by atoms with Gasteiger partial charge in [0.2, 0.25) is 0 Å². The minimum Gasteiger partial charge on any atom is -0.379 e. The quantitative estimate of drug-likeness (QED) is 0.908. The van der Waals surface area contributed by atoms with Gasteiger partial charge in [0, 0.05) is 57.2 Å². The summed E-state index contributed by atoms with van der Waals surface area (Å²) in [5.41, 5.74) is -0.101. The van der Waals surface area contributed by atoms with Gasteiger partial charge in [0.15, 0.2) is 6.10 Å². The smallest absolute Gasteiger partial charge is 0.379 e. The number of hydrogen-bond donors (Lipinski definition) is 1. The molecule has 0 saturated carbocycles. The number of aliphatic hydroxyl groups is 1. The summed E-state index contributed by atoms with van der Waals surface area (Å²) in [6, 6.07) is 1.32. The van der Waals surface area contributed by atoms with Crippen molar-refractivity contribution in [1.82, 2.24) is 14.4 Å². The minimum absolute atomic E-state index is 0.101. The number of halogens is 3. The number of piperazine rings is 1. The van der Waals surface area contributed by atoms with E-state index < -0.39 is 12.3 Å². The standard InChI is InChI=1S/C13H20F3N3O/c1-17-4-6-18(7-5-17)8-9-19-3-2-11(10-19)12(20)13(14,15)16/h2-3,10,12,20H,4-9H2,1H3. The van der Waals surface area contributed by atoms with Crippen LogP contribution in [0, 0.1) is 0 Å². The molecule has 1 N–H and O–H groups in total. The summed E-state index contributed by atoms with van der Waals surface area (Å²) in [6.07, 6.45) is -4.05. The van der Waals surface area contributed by atoms with Gasteiger partial charge < -0.3 is 14.6 Å². The predicted octanol–water partition coefficient (Wildman–Crippen LogP) is 1.33. The average Bonchev–Trinajstić information content (AvgIpc) is 2.85. The molecule has 1 atom stereocenters. The van der Waals surface area contributed by atoms with Gasteiger partial charge in [-0.3, -0.25) is 4.90 Å². The molecule has 1 aliphatic heterocycles. The van der Waals surface area contributed by atoms with E-state index in [1.165, 1.54) is 12.3 Å². The van der Waals surface area contributed by atoms with Crippen molar-refractivity contribution in [3.63, 3.8) is 0 Å². The van der Waals surface area contributed by atoms with Crippen LogP contribution in [0.2, 0.25) is 0 Å². The lowest BCUT2D eigenvalue weighted by atomic mass is 10.2. The molecule has 1 saturated heterocycles. The Bertz CT molecular complexity index is 425. The van der Waals surface area contributed by atoms with E-state index in [-0.39, 0.29) is 5.56 Å². The molecule has 2 heterocycles. The first-order valence-corrected chi connectivity index (χ1v) is 6.67. The van der Waals surface area contributed by atoms with Gasteiger partial charge in [-0.05, 0) is 13.1 Å². The Morgan fingerprint density at radius 3 is 2.45 bits per heavy atom. The predicted molar refractivity (Wildman–Crippen MR) is 69.4 cm³/mol. The van der Waals surface area contributed by atoms with Crippen molar-refractivity contribution >= 4 is 0 Å². The fraction of sp³-hybridized carbons (Fsp3) is 0.692. The summed E-state index contributed by atoms with van der Waals surface area (Å²) in [4.78, 5) is 4.55. The molecule has 4 nitrogen and oxygen atoms in total. The molecule has 1 unspecified atom stereocenters. The second kappa shape index (κ2) is 6.15. The van der Waals surface area contributed by atoms with Crippen molar-refractivity contribution in [1.29, 1.82) is 0 Å². The van der Waals surface area contributed by atoms with Gasteiger partial charge in [-0.2, -0.15) is 13.2 Å². The summed E-state index contributed by atoms with van der Waals surface area (Å²) < 4.78 is 38.9. The number of likely N-dealkylation sites (N-methyl/N-ethyl adjacent to an activating group) is 1. The largest absolute Gasteiger partial charge is 0.418 e. The highest BCUT2D eigenvalue weighted by Gasteiger charge is 2.39. The first kappa shape index (κ1) is 15.3. The van der Waals surface area contributed by atoms with Crippen LogP contribution in [0.4, 0.5) is 13.2 Å². The fourth-order valence-electron chi connectivity index (χ4n) is 2.28. The van der Waals surface area contributed by atoms with E-state index in [9.17, 15) is 13.2 Å². The van der Waals surface area contributed by atoms with Gasteiger partial charge in [-0.25, -0.2) is 0 Å². The molecular weight excluding hydrogens is 271 g/mol. The van der Waals surface area contributed by atoms with Crippen LogP contribution >= 0.6 is 0 Å². The second-order valence-corrected chi connectivity index (χ2v) is 5.27. The van der Waals surface area contributed by atoms with E-state index in [1.807, 2.05) is 0 Å². The lowest BCUT2D eigenvalue weighted by molar-refractivity contribution is -0.206. The Morgan fingerprint density at radius 1 is 1.20 bits per heavy atom. The number of hydrogen-bond acceptors (Lipinski definition) is 3. The van der Waals surface area contributed by atoms with Crippen LogP contribution in [0.1, 0.15) is 11.7 Å². The van der Waals surface area contributed by atoms with E-state index in [0.29, 0.717) is 6.54 Å². The van der Waals surface area contributed by atoms with Crippen LogP contribution in [-0.4, -0.2) is 65.4 Å². The number of nitrogens with zero attached hydrogens (tertiary/aromatic N) is 3. The topological polar surface area (TPSA) is 31.6 Å². The molecule has 0 radical (unpaired) electrons. The SMILES string of the molecule is CN1CCN(CCn2ccc(C(O)C(F)(F)F)c2)CC1. The lowest BCUT2D eigenvalue weighted by Gasteiger charge is -2.32. The van der Waals surface area contributed by atoms with Gasteiger partial charge in [0.05, 0.1) is 0 Å². The third kappa shape index (κ3) is 3.97. The number of rotatable bonds is 4. The third-order valence-corrected chi connectivity index (χ3v) is 3.67. The second-order valence-electron chi connectivity index (χ2n) is 5.27. The summed E-state index contributed by atoms with van der Waals surface area (Å²) in [7, 11) is 2.08. The van der Waals surface area contributed by atoms with Crippen molar-refractivity contribution < 1.29 is 18.3 Å². The van der Waals surface area contributed by atoms with Crippen LogP contribution in [0.5, 0.6) is 0 Å². The van der Waals surface area contributed by atoms with E-state index in [2.05, 4.69) is 16.8 Å². The van der Waals surface area contributed by atoms with Gasteiger partial charge >= 0.3 is 6.18 Å². The maximum Gasteiger partial charge on any atom is 0.418 e. The zero-order valence-electron chi connectivity index (χ0n) is 11.5. The number of aliphatic hydroxyl groups excluding tert-OH is 1. The first-order chi connectivity index (χ1) is 9.36. The molecule has 0 aromatic carbocycles. The highest BCUT2D eigenvalue weighted by atomic mass is 19.4. The zero-order chi connectivity index (χ0) is 14.8. The van der Waals surface area contributed by atoms with Crippen LogP contribution < -0.4 is 0 Å². The number of aromatic nitrogens is 1. The Morgan fingerprint density at radius 2 is 1.85 bits per heavy atom. The normalized spacial score (nSPS) is 20.2. The minimum atomic E-state index is -4.61. The van der Waals surface area contributed by atoms with Crippen molar-refractivity contribution in [3.8, 4) is 0 Å². The molecule has 0 aliphatic carbocycles. The molecule has 7 heteroatoms. The molecule has 1 aromatic rings. The first-order valence-electron chi connectivity index (χ1n) is 6.67. The summed E-state index contributed by atoms with van der Waals surface area (Å²) in [5.74, 6) is 0. The molecule has 0 amide bonds. The molecule has 2 rings (SSSR count). The molecule has 114 valence electrons. The van der Waals surface area contributed by atoms with Gasteiger partial charge in [-0.1, -0.05) is 0 Å². The van der Waals surface area contributed by atoms with Crippen molar-refractivity contribution in [2.75, 3.05) is 39.8 Å². The monoisotopic (exact) mass is 291 g/mol.